The summed E-state index contributed by atoms with van der Waals surface area (Å²) in [5.41, 5.74) is 2.73. The first-order valence-electron chi connectivity index (χ1n) is 9.54. The molecule has 3 heterocycles. The van der Waals surface area contributed by atoms with E-state index in [-0.39, 0.29) is 17.2 Å². The number of methoxy groups -OCH3 is 1. The van der Waals surface area contributed by atoms with E-state index in [1.807, 2.05) is 25.1 Å². The Kier molecular flexibility index (Phi) is 4.75. The van der Waals surface area contributed by atoms with Crippen molar-refractivity contribution in [2.75, 3.05) is 13.7 Å². The molecule has 2 aromatic heterocycles. The van der Waals surface area contributed by atoms with Gasteiger partial charge in [-0.1, -0.05) is 13.0 Å². The minimum absolute atomic E-state index is 0.0391. The van der Waals surface area contributed by atoms with Crippen LogP contribution in [-0.4, -0.2) is 40.3 Å². The maximum absolute atomic E-state index is 12.8. The second kappa shape index (κ2) is 7.22. The van der Waals surface area contributed by atoms with E-state index in [0.29, 0.717) is 43.2 Å². The van der Waals surface area contributed by atoms with Crippen LogP contribution in [0.4, 0.5) is 0 Å². The smallest absolute Gasteiger partial charge is 0.256 e. The average molecular weight is 380 g/mol. The Morgan fingerprint density at radius 3 is 2.86 bits per heavy atom. The normalized spacial score (nSPS) is 16.6. The lowest BCUT2D eigenvalue weighted by Crippen LogP contribution is -2.30. The molecule has 0 aromatic carbocycles. The van der Waals surface area contributed by atoms with E-state index in [1.54, 1.807) is 24.3 Å². The van der Waals surface area contributed by atoms with Crippen molar-refractivity contribution in [1.29, 1.82) is 0 Å². The number of ether oxygens (including phenoxy) is 1. The highest BCUT2D eigenvalue weighted by molar-refractivity contribution is 5.98. The third-order valence-corrected chi connectivity index (χ3v) is 5.54. The third-order valence-electron chi connectivity index (χ3n) is 5.54. The highest BCUT2D eigenvalue weighted by Gasteiger charge is 2.44. The van der Waals surface area contributed by atoms with Crippen molar-refractivity contribution in [3.05, 3.63) is 53.0 Å². The van der Waals surface area contributed by atoms with E-state index >= 15 is 0 Å². The van der Waals surface area contributed by atoms with Crippen LogP contribution in [0.15, 0.2) is 30.5 Å². The minimum Gasteiger partial charge on any atom is -0.481 e. The molecule has 2 aromatic rings. The molecule has 28 heavy (non-hydrogen) atoms. The fourth-order valence-electron chi connectivity index (χ4n) is 3.39. The summed E-state index contributed by atoms with van der Waals surface area (Å²) in [7, 11) is 1.55. The van der Waals surface area contributed by atoms with Crippen LogP contribution in [0.25, 0.3) is 0 Å². The number of amides is 2. The summed E-state index contributed by atoms with van der Waals surface area (Å²) in [5.74, 6) is 0.459. The lowest BCUT2D eigenvalue weighted by atomic mass is 10.1. The van der Waals surface area contributed by atoms with Crippen molar-refractivity contribution in [1.82, 2.24) is 20.2 Å². The molecule has 1 fully saturated rings. The molecule has 1 N–H and O–H groups in total. The Balaban J connectivity index is 1.46. The first-order valence-corrected chi connectivity index (χ1v) is 9.54. The van der Waals surface area contributed by atoms with Crippen molar-refractivity contribution >= 4 is 11.8 Å². The predicted molar refractivity (Wildman–Crippen MR) is 103 cm³/mol. The quantitative estimate of drug-likeness (QED) is 0.795. The highest BCUT2D eigenvalue weighted by atomic mass is 16.5. The van der Waals surface area contributed by atoms with Gasteiger partial charge in [0.05, 0.1) is 24.9 Å². The molecule has 0 unspecified atom stereocenters. The lowest BCUT2D eigenvalue weighted by Gasteiger charge is -2.14. The number of rotatable bonds is 7. The first kappa shape index (κ1) is 18.4. The summed E-state index contributed by atoms with van der Waals surface area (Å²) in [4.78, 5) is 35.6. The molecule has 1 aliphatic carbocycles. The van der Waals surface area contributed by atoms with Crippen LogP contribution in [0.5, 0.6) is 5.88 Å². The molecule has 4 rings (SSSR count). The monoisotopic (exact) mass is 380 g/mol. The van der Waals surface area contributed by atoms with E-state index in [9.17, 15) is 9.59 Å². The van der Waals surface area contributed by atoms with Gasteiger partial charge in [-0.3, -0.25) is 14.6 Å². The zero-order valence-corrected chi connectivity index (χ0v) is 16.2. The summed E-state index contributed by atoms with van der Waals surface area (Å²) in [6.07, 6.45) is 4.29. The van der Waals surface area contributed by atoms with Gasteiger partial charge in [-0.25, -0.2) is 4.98 Å². The molecule has 7 heteroatoms. The second-order valence-corrected chi connectivity index (χ2v) is 7.69. The Morgan fingerprint density at radius 1 is 1.36 bits per heavy atom. The van der Waals surface area contributed by atoms with Gasteiger partial charge in [0.15, 0.2) is 0 Å². The summed E-state index contributed by atoms with van der Waals surface area (Å²) >= 11 is 0. The molecule has 1 saturated carbocycles. The van der Waals surface area contributed by atoms with Crippen LogP contribution in [0.3, 0.4) is 0 Å². The van der Waals surface area contributed by atoms with Gasteiger partial charge in [0.1, 0.15) is 0 Å². The topological polar surface area (TPSA) is 84.4 Å². The standard InChI is InChI=1S/C21H24N4O3/c1-21(7-8-21)20(27)23-12-14-11-16-17(24-18(14)28-2)13-25(19(16)26)10-6-15-5-3-4-9-22-15/h3-5,9,11H,6-8,10,12-13H2,1-2H3,(H,23,27). The Hall–Kier alpha value is -2.96. The molecule has 146 valence electrons. The van der Waals surface area contributed by atoms with E-state index in [1.165, 1.54) is 0 Å². The Labute approximate surface area is 164 Å². The number of carbonyl (C=O) groups is 2. The molecule has 0 radical (unpaired) electrons. The molecule has 0 spiro atoms. The Bertz CT molecular complexity index is 909. The number of nitrogens with zero attached hydrogens (tertiary/aromatic N) is 3. The predicted octanol–water partition coefficient (Wildman–Crippen LogP) is 2.10. The maximum atomic E-state index is 12.8. The fraction of sp³-hybridized carbons (Fsp3) is 0.429. The molecule has 2 amide bonds. The molecule has 0 atom stereocenters. The van der Waals surface area contributed by atoms with Gasteiger partial charge in [0.25, 0.3) is 5.91 Å². The van der Waals surface area contributed by atoms with Crippen molar-refractivity contribution in [2.24, 2.45) is 5.41 Å². The number of hydrogen-bond acceptors (Lipinski definition) is 5. The van der Waals surface area contributed by atoms with Crippen LogP contribution in [0.1, 0.15) is 47.1 Å². The molecule has 1 aliphatic heterocycles. The summed E-state index contributed by atoms with van der Waals surface area (Å²) in [6, 6.07) is 7.58. The van der Waals surface area contributed by atoms with Crippen molar-refractivity contribution in [3.8, 4) is 5.88 Å². The minimum atomic E-state index is -0.241. The van der Waals surface area contributed by atoms with Gasteiger partial charge < -0.3 is 15.0 Å². The second-order valence-electron chi connectivity index (χ2n) is 7.69. The van der Waals surface area contributed by atoms with Crippen LogP contribution in [0.2, 0.25) is 0 Å². The van der Waals surface area contributed by atoms with Crippen molar-refractivity contribution < 1.29 is 14.3 Å². The van der Waals surface area contributed by atoms with Gasteiger partial charge in [-0.2, -0.15) is 0 Å². The third kappa shape index (κ3) is 3.56. The Morgan fingerprint density at radius 2 is 2.18 bits per heavy atom. The SMILES string of the molecule is COc1nc2c(cc1CNC(=O)C1(C)CC1)C(=O)N(CCc1ccccn1)C2. The van der Waals surface area contributed by atoms with Gasteiger partial charge >= 0.3 is 0 Å². The van der Waals surface area contributed by atoms with Crippen LogP contribution in [0, 0.1) is 5.41 Å². The summed E-state index contributed by atoms with van der Waals surface area (Å²) in [5, 5.41) is 2.95. The molecular weight excluding hydrogens is 356 g/mol. The lowest BCUT2D eigenvalue weighted by molar-refractivity contribution is -0.125. The van der Waals surface area contributed by atoms with E-state index < -0.39 is 0 Å². The van der Waals surface area contributed by atoms with E-state index in [2.05, 4.69) is 15.3 Å². The van der Waals surface area contributed by atoms with E-state index in [4.69, 9.17) is 4.74 Å². The number of carbonyl (C=O) groups excluding carboxylic acids is 2. The first-order chi connectivity index (χ1) is 13.5. The molecule has 0 saturated heterocycles. The molecule has 2 aliphatic rings. The molecule has 0 bridgehead atoms. The number of fused-ring (bicyclic) bond motifs is 1. The van der Waals surface area contributed by atoms with Crippen LogP contribution < -0.4 is 10.1 Å². The number of pyridine rings is 2. The average Bonchev–Trinajstić information content (AvgIpc) is 3.40. The van der Waals surface area contributed by atoms with Crippen molar-refractivity contribution in [2.45, 2.75) is 39.3 Å². The van der Waals surface area contributed by atoms with Gasteiger partial charge in [-0.05, 0) is 31.0 Å². The largest absolute Gasteiger partial charge is 0.481 e. The van der Waals surface area contributed by atoms with Crippen LogP contribution >= 0.6 is 0 Å². The van der Waals surface area contributed by atoms with Gasteiger partial charge in [0, 0.05) is 42.4 Å². The van der Waals surface area contributed by atoms with E-state index in [0.717, 1.165) is 24.1 Å². The van der Waals surface area contributed by atoms with Gasteiger partial charge in [0.2, 0.25) is 11.8 Å². The molecule has 7 nitrogen and oxygen atoms in total. The molecular formula is C21H24N4O3. The number of hydrogen-bond donors (Lipinski definition) is 1. The van der Waals surface area contributed by atoms with Crippen LogP contribution in [-0.2, 0) is 24.3 Å². The highest BCUT2D eigenvalue weighted by Crippen LogP contribution is 2.45. The number of nitrogens with one attached hydrogen (secondary N) is 1. The van der Waals surface area contributed by atoms with Crippen molar-refractivity contribution in [3.63, 3.8) is 0 Å². The maximum Gasteiger partial charge on any atom is 0.256 e. The zero-order chi connectivity index (χ0) is 19.7. The zero-order valence-electron chi connectivity index (χ0n) is 16.2. The van der Waals surface area contributed by atoms with Gasteiger partial charge in [-0.15, -0.1) is 0 Å². The fourth-order valence-corrected chi connectivity index (χ4v) is 3.39. The summed E-state index contributed by atoms with van der Waals surface area (Å²) in [6.45, 7) is 3.31. The number of aromatic nitrogens is 2. The summed E-state index contributed by atoms with van der Waals surface area (Å²) < 4.78 is 5.40.